The van der Waals surface area contributed by atoms with Crippen molar-refractivity contribution in [1.29, 1.82) is 0 Å². The molecule has 0 saturated carbocycles. The zero-order valence-corrected chi connectivity index (χ0v) is 21.2. The summed E-state index contributed by atoms with van der Waals surface area (Å²) in [7, 11) is 1.64. The molecule has 0 fully saturated rings. The maximum Gasteiger partial charge on any atom is 0.337 e. The van der Waals surface area contributed by atoms with Crippen molar-refractivity contribution in [3.05, 3.63) is 83.0 Å². The van der Waals surface area contributed by atoms with Gasteiger partial charge in [-0.05, 0) is 86.3 Å². The highest BCUT2D eigenvalue weighted by molar-refractivity contribution is 6.30. The average Bonchev–Trinajstić information content (AvgIpc) is 2.82. The number of benzene rings is 3. The van der Waals surface area contributed by atoms with Gasteiger partial charge >= 0.3 is 5.97 Å². The number of ether oxygens (including phenoxy) is 2. The summed E-state index contributed by atoms with van der Waals surface area (Å²) in [5.74, 6) is -0.287. The number of pyridine rings is 1. The van der Waals surface area contributed by atoms with Gasteiger partial charge in [0.15, 0.2) is 6.10 Å². The van der Waals surface area contributed by atoms with E-state index in [1.807, 2.05) is 82.3 Å². The Kier molecular flexibility index (Phi) is 6.84. The molecule has 0 radical (unpaired) electrons. The van der Waals surface area contributed by atoms with Gasteiger partial charge in [0.05, 0.1) is 18.2 Å². The van der Waals surface area contributed by atoms with Crippen LogP contribution in [0.5, 0.6) is 5.75 Å². The second-order valence-electron chi connectivity index (χ2n) is 9.40. The fourth-order valence-corrected chi connectivity index (χ4v) is 4.32. The molecule has 1 unspecified atom stereocenters. The van der Waals surface area contributed by atoms with E-state index >= 15 is 0 Å². The lowest BCUT2D eigenvalue weighted by molar-refractivity contribution is -0.160. The Morgan fingerprint density at radius 3 is 2.11 bits per heavy atom. The summed E-state index contributed by atoms with van der Waals surface area (Å²) in [5, 5.41) is 11.6. The van der Waals surface area contributed by atoms with Crippen LogP contribution in [0.3, 0.4) is 0 Å². The Bertz CT molecular complexity index is 1370. The number of hydrogen-bond donors (Lipinski definition) is 1. The van der Waals surface area contributed by atoms with Crippen molar-refractivity contribution in [3.8, 4) is 28.0 Å². The molecule has 5 nitrogen and oxygen atoms in total. The molecule has 1 heterocycles. The van der Waals surface area contributed by atoms with Crippen molar-refractivity contribution in [1.82, 2.24) is 4.98 Å². The van der Waals surface area contributed by atoms with E-state index in [1.54, 1.807) is 19.2 Å². The number of halogens is 1. The van der Waals surface area contributed by atoms with Crippen LogP contribution in [0.25, 0.3) is 33.2 Å². The fraction of sp³-hybridized carbons (Fsp3) is 0.241. The standard InChI is InChI=1S/C29H28ClNO4/c1-17-25(27(28(32)33)35-29(2,3)4)26(19-6-11-21(30)12-7-19)23-16-20(10-15-24(23)31-17)18-8-13-22(34-5)14-9-18/h6-16,27H,1-5H3,(H,32,33). The first-order chi connectivity index (χ1) is 16.6. The van der Waals surface area contributed by atoms with Crippen molar-refractivity contribution < 1.29 is 19.4 Å². The van der Waals surface area contributed by atoms with Gasteiger partial charge in [-0.3, -0.25) is 4.98 Å². The summed E-state index contributed by atoms with van der Waals surface area (Å²) >= 11 is 6.18. The number of carboxylic acids is 1. The number of nitrogens with zero attached hydrogens (tertiary/aromatic N) is 1. The Labute approximate surface area is 210 Å². The summed E-state index contributed by atoms with van der Waals surface area (Å²) < 4.78 is 11.4. The molecule has 1 aromatic heterocycles. The van der Waals surface area contributed by atoms with Crippen LogP contribution < -0.4 is 4.74 Å². The third-order valence-electron chi connectivity index (χ3n) is 5.73. The molecular formula is C29H28ClNO4. The summed E-state index contributed by atoms with van der Waals surface area (Å²) in [6.07, 6.45) is -1.19. The smallest absolute Gasteiger partial charge is 0.337 e. The average molecular weight is 490 g/mol. The third kappa shape index (κ3) is 5.31. The van der Waals surface area contributed by atoms with Gasteiger partial charge in [0.25, 0.3) is 0 Å². The summed E-state index contributed by atoms with van der Waals surface area (Å²) in [6, 6.07) is 21.2. The largest absolute Gasteiger partial charge is 0.497 e. The van der Waals surface area contributed by atoms with Crippen molar-refractivity contribution in [2.24, 2.45) is 0 Å². The van der Waals surface area contributed by atoms with Crippen LogP contribution in [0.4, 0.5) is 0 Å². The topological polar surface area (TPSA) is 68.7 Å². The maximum absolute atomic E-state index is 12.5. The lowest BCUT2D eigenvalue weighted by Crippen LogP contribution is -2.28. The minimum atomic E-state index is -1.19. The molecule has 1 atom stereocenters. The first-order valence-corrected chi connectivity index (χ1v) is 11.7. The van der Waals surface area contributed by atoms with E-state index in [9.17, 15) is 9.90 Å². The predicted molar refractivity (Wildman–Crippen MR) is 140 cm³/mol. The van der Waals surface area contributed by atoms with E-state index in [-0.39, 0.29) is 0 Å². The molecule has 0 aliphatic carbocycles. The minimum absolute atomic E-state index is 0.536. The van der Waals surface area contributed by atoms with Gasteiger partial charge in [-0.15, -0.1) is 0 Å². The Hall–Kier alpha value is -3.41. The van der Waals surface area contributed by atoms with Gasteiger partial charge < -0.3 is 14.6 Å². The normalized spacial score (nSPS) is 12.5. The van der Waals surface area contributed by atoms with Gasteiger partial charge in [-0.1, -0.05) is 41.9 Å². The zero-order valence-electron chi connectivity index (χ0n) is 20.4. The molecule has 4 aromatic rings. The Balaban J connectivity index is 2.03. The van der Waals surface area contributed by atoms with Crippen molar-refractivity contribution in [2.75, 3.05) is 7.11 Å². The first kappa shape index (κ1) is 24.7. The number of rotatable bonds is 6. The van der Waals surface area contributed by atoms with E-state index in [2.05, 4.69) is 0 Å². The molecule has 0 amide bonds. The SMILES string of the molecule is COc1ccc(-c2ccc3nc(C)c(C(OC(C)(C)C)C(=O)O)c(-c4ccc(Cl)cc4)c3c2)cc1. The van der Waals surface area contributed by atoms with Gasteiger partial charge in [0.2, 0.25) is 0 Å². The number of methoxy groups -OCH3 is 1. The second kappa shape index (κ2) is 9.68. The monoisotopic (exact) mass is 489 g/mol. The highest BCUT2D eigenvalue weighted by Crippen LogP contribution is 2.41. The molecule has 0 aliphatic heterocycles. The minimum Gasteiger partial charge on any atom is -0.497 e. The van der Waals surface area contributed by atoms with Gasteiger partial charge in [0.1, 0.15) is 5.75 Å². The number of aryl methyl sites for hydroxylation is 1. The van der Waals surface area contributed by atoms with Crippen LogP contribution in [0.1, 0.15) is 38.1 Å². The zero-order chi connectivity index (χ0) is 25.3. The van der Waals surface area contributed by atoms with Crippen LogP contribution in [-0.2, 0) is 9.53 Å². The van der Waals surface area contributed by atoms with Crippen LogP contribution >= 0.6 is 11.6 Å². The summed E-state index contributed by atoms with van der Waals surface area (Å²) in [6.45, 7) is 7.36. The molecule has 4 rings (SSSR count). The van der Waals surface area contributed by atoms with E-state index < -0.39 is 17.7 Å². The summed E-state index contributed by atoms with van der Waals surface area (Å²) in [4.78, 5) is 17.3. The molecule has 35 heavy (non-hydrogen) atoms. The number of aliphatic carboxylic acids is 1. The van der Waals surface area contributed by atoms with Gasteiger partial charge in [-0.2, -0.15) is 0 Å². The van der Waals surface area contributed by atoms with Crippen molar-refractivity contribution >= 4 is 28.5 Å². The molecule has 180 valence electrons. The quantitative estimate of drug-likeness (QED) is 0.304. The number of fused-ring (bicyclic) bond motifs is 1. The van der Waals surface area contributed by atoms with Gasteiger partial charge in [-0.25, -0.2) is 4.79 Å². The highest BCUT2D eigenvalue weighted by atomic mass is 35.5. The second-order valence-corrected chi connectivity index (χ2v) is 9.84. The van der Waals surface area contributed by atoms with Crippen LogP contribution in [0, 0.1) is 6.92 Å². The van der Waals surface area contributed by atoms with Crippen molar-refractivity contribution in [2.45, 2.75) is 39.4 Å². The number of hydrogen-bond acceptors (Lipinski definition) is 4. The lowest BCUT2D eigenvalue weighted by atomic mass is 9.89. The van der Waals surface area contributed by atoms with E-state index in [0.717, 1.165) is 38.9 Å². The number of carbonyl (C=O) groups is 1. The maximum atomic E-state index is 12.5. The number of aromatic nitrogens is 1. The van der Waals surface area contributed by atoms with Crippen LogP contribution in [0.15, 0.2) is 66.7 Å². The molecular weight excluding hydrogens is 462 g/mol. The first-order valence-electron chi connectivity index (χ1n) is 11.3. The van der Waals surface area contributed by atoms with E-state index in [1.165, 1.54) is 0 Å². The Morgan fingerprint density at radius 1 is 0.943 bits per heavy atom. The molecule has 1 N–H and O–H groups in total. The predicted octanol–water partition coefficient (Wildman–Crippen LogP) is 7.48. The van der Waals surface area contributed by atoms with Crippen molar-refractivity contribution in [3.63, 3.8) is 0 Å². The molecule has 0 spiro atoms. The molecule has 0 bridgehead atoms. The number of carboxylic acid groups (broad SMARTS) is 1. The van der Waals surface area contributed by atoms with E-state index in [4.69, 9.17) is 26.1 Å². The van der Waals surface area contributed by atoms with Gasteiger partial charge in [0, 0.05) is 21.7 Å². The molecule has 3 aromatic carbocycles. The summed E-state index contributed by atoms with van der Waals surface area (Å²) in [5.41, 5.74) is 4.85. The molecule has 6 heteroatoms. The molecule has 0 saturated heterocycles. The molecule has 0 aliphatic rings. The lowest BCUT2D eigenvalue weighted by Gasteiger charge is -2.28. The Morgan fingerprint density at radius 2 is 1.54 bits per heavy atom. The fourth-order valence-electron chi connectivity index (χ4n) is 4.20. The third-order valence-corrected chi connectivity index (χ3v) is 5.98. The van der Waals surface area contributed by atoms with Crippen LogP contribution in [-0.4, -0.2) is 28.8 Å². The highest BCUT2D eigenvalue weighted by Gasteiger charge is 2.32. The van der Waals surface area contributed by atoms with Crippen LogP contribution in [0.2, 0.25) is 5.02 Å². The van der Waals surface area contributed by atoms with E-state index in [0.29, 0.717) is 16.3 Å².